The summed E-state index contributed by atoms with van der Waals surface area (Å²) in [4.78, 5) is 0.224. The molecule has 2 aromatic rings. The minimum Gasteiger partial charge on any atom is -0.207 e. The highest BCUT2D eigenvalue weighted by molar-refractivity contribution is 7.89. The second kappa shape index (κ2) is 5.95. The first kappa shape index (κ1) is 15.0. The fourth-order valence-electron chi connectivity index (χ4n) is 1.89. The van der Waals surface area contributed by atoms with Gasteiger partial charge in [-0.3, -0.25) is 0 Å². The molecule has 1 atom stereocenters. The smallest absolute Gasteiger partial charge is 0.207 e. The van der Waals surface area contributed by atoms with Crippen LogP contribution in [-0.4, -0.2) is 8.42 Å². The van der Waals surface area contributed by atoms with Crippen LogP contribution >= 0.6 is 11.6 Å². The number of hydrogen-bond acceptors (Lipinski definition) is 2. The average Bonchev–Trinajstić information content (AvgIpc) is 2.42. The Balaban J connectivity index is 2.25. The number of benzene rings is 2. The molecule has 1 unspecified atom stereocenters. The lowest BCUT2D eigenvalue weighted by molar-refractivity contribution is 0.567. The first-order valence-corrected chi connectivity index (χ1v) is 8.10. The van der Waals surface area contributed by atoms with Crippen molar-refractivity contribution in [2.24, 2.45) is 0 Å². The van der Waals surface area contributed by atoms with Crippen LogP contribution in [0.4, 0.5) is 0 Å². The Bertz CT molecular complexity index is 699. The van der Waals surface area contributed by atoms with Gasteiger partial charge in [-0.2, -0.15) is 0 Å². The van der Waals surface area contributed by atoms with Gasteiger partial charge in [0.05, 0.1) is 4.90 Å². The van der Waals surface area contributed by atoms with Gasteiger partial charge in [-0.05, 0) is 43.2 Å². The minimum absolute atomic E-state index is 0.224. The molecular weight excluding hydrogens is 294 g/mol. The molecule has 0 aliphatic carbocycles. The summed E-state index contributed by atoms with van der Waals surface area (Å²) in [7, 11) is -3.56. The van der Waals surface area contributed by atoms with Gasteiger partial charge in [-0.15, -0.1) is 0 Å². The third kappa shape index (κ3) is 3.39. The van der Waals surface area contributed by atoms with Gasteiger partial charge < -0.3 is 0 Å². The standard InChI is InChI=1S/C15H16ClNO2S/c1-11-10-14(8-9-15(11)16)20(18,19)17-12(2)13-6-4-3-5-7-13/h3-10,12,17H,1-2H3. The van der Waals surface area contributed by atoms with Gasteiger partial charge in [0.15, 0.2) is 0 Å². The Morgan fingerprint density at radius 3 is 2.35 bits per heavy atom. The van der Waals surface area contributed by atoms with E-state index in [1.54, 1.807) is 19.1 Å². The lowest BCUT2D eigenvalue weighted by Crippen LogP contribution is -2.26. The van der Waals surface area contributed by atoms with Crippen molar-refractivity contribution in [1.82, 2.24) is 4.72 Å². The molecule has 0 heterocycles. The predicted octanol–water partition coefficient (Wildman–Crippen LogP) is 3.69. The minimum atomic E-state index is -3.56. The van der Waals surface area contributed by atoms with Gasteiger partial charge in [-0.25, -0.2) is 13.1 Å². The third-order valence-electron chi connectivity index (χ3n) is 3.07. The Hall–Kier alpha value is -1.36. The molecule has 106 valence electrons. The van der Waals surface area contributed by atoms with Crippen LogP contribution in [0.15, 0.2) is 53.4 Å². The van der Waals surface area contributed by atoms with E-state index in [1.165, 1.54) is 6.07 Å². The Morgan fingerprint density at radius 2 is 1.75 bits per heavy atom. The molecular formula is C15H16ClNO2S. The van der Waals surface area contributed by atoms with E-state index < -0.39 is 10.0 Å². The number of halogens is 1. The maximum absolute atomic E-state index is 12.3. The number of nitrogens with one attached hydrogen (secondary N) is 1. The van der Waals surface area contributed by atoms with Gasteiger partial charge in [-0.1, -0.05) is 41.9 Å². The largest absolute Gasteiger partial charge is 0.241 e. The highest BCUT2D eigenvalue weighted by Crippen LogP contribution is 2.21. The molecule has 0 amide bonds. The molecule has 3 nitrogen and oxygen atoms in total. The highest BCUT2D eigenvalue weighted by atomic mass is 35.5. The van der Waals surface area contributed by atoms with Crippen LogP contribution in [0.25, 0.3) is 0 Å². The first-order chi connectivity index (χ1) is 9.40. The van der Waals surface area contributed by atoms with Crippen LogP contribution in [0.5, 0.6) is 0 Å². The van der Waals surface area contributed by atoms with Gasteiger partial charge >= 0.3 is 0 Å². The molecule has 0 fully saturated rings. The van der Waals surface area contributed by atoms with E-state index in [4.69, 9.17) is 11.6 Å². The van der Waals surface area contributed by atoms with Crippen LogP contribution in [0.1, 0.15) is 24.1 Å². The van der Waals surface area contributed by atoms with E-state index in [0.717, 1.165) is 11.1 Å². The van der Waals surface area contributed by atoms with Crippen molar-refractivity contribution in [3.63, 3.8) is 0 Å². The van der Waals surface area contributed by atoms with Crippen LogP contribution in [0, 0.1) is 6.92 Å². The summed E-state index contributed by atoms with van der Waals surface area (Å²) in [6, 6.07) is 13.8. The molecule has 0 aliphatic rings. The van der Waals surface area contributed by atoms with E-state index in [1.807, 2.05) is 37.3 Å². The van der Waals surface area contributed by atoms with E-state index in [9.17, 15) is 8.42 Å². The van der Waals surface area contributed by atoms with Crippen molar-refractivity contribution in [2.75, 3.05) is 0 Å². The second-order valence-electron chi connectivity index (χ2n) is 4.66. The molecule has 0 bridgehead atoms. The maximum atomic E-state index is 12.3. The molecule has 2 rings (SSSR count). The van der Waals surface area contributed by atoms with E-state index in [-0.39, 0.29) is 10.9 Å². The molecule has 0 aromatic heterocycles. The van der Waals surface area contributed by atoms with Gasteiger partial charge in [0.2, 0.25) is 10.0 Å². The summed E-state index contributed by atoms with van der Waals surface area (Å²) in [6.45, 7) is 3.59. The normalized spacial score (nSPS) is 13.2. The molecule has 1 N–H and O–H groups in total. The number of hydrogen-bond donors (Lipinski definition) is 1. The van der Waals surface area contributed by atoms with Crippen molar-refractivity contribution >= 4 is 21.6 Å². The lowest BCUT2D eigenvalue weighted by Gasteiger charge is -2.15. The van der Waals surface area contributed by atoms with Crippen LogP contribution < -0.4 is 4.72 Å². The van der Waals surface area contributed by atoms with Gasteiger partial charge in [0.1, 0.15) is 0 Å². The molecule has 0 spiro atoms. The summed E-state index contributed by atoms with van der Waals surface area (Å²) < 4.78 is 27.3. The fraction of sp³-hybridized carbons (Fsp3) is 0.200. The third-order valence-corrected chi connectivity index (χ3v) is 5.03. The molecule has 2 aromatic carbocycles. The second-order valence-corrected chi connectivity index (χ2v) is 6.79. The molecule has 0 aliphatic heterocycles. The zero-order valence-electron chi connectivity index (χ0n) is 11.3. The van der Waals surface area contributed by atoms with Crippen LogP contribution in [0.2, 0.25) is 5.02 Å². The molecule has 0 saturated carbocycles. The maximum Gasteiger partial charge on any atom is 0.241 e. The summed E-state index contributed by atoms with van der Waals surface area (Å²) >= 11 is 5.92. The van der Waals surface area contributed by atoms with E-state index >= 15 is 0 Å². The summed E-state index contributed by atoms with van der Waals surface area (Å²) in [5.74, 6) is 0. The summed E-state index contributed by atoms with van der Waals surface area (Å²) in [6.07, 6.45) is 0. The van der Waals surface area contributed by atoms with Gasteiger partial charge in [0.25, 0.3) is 0 Å². The summed E-state index contributed by atoms with van der Waals surface area (Å²) in [5.41, 5.74) is 1.66. The quantitative estimate of drug-likeness (QED) is 0.936. The van der Waals surface area contributed by atoms with Crippen molar-refractivity contribution in [3.8, 4) is 0 Å². The number of sulfonamides is 1. The number of aryl methyl sites for hydroxylation is 1. The van der Waals surface area contributed by atoms with E-state index in [2.05, 4.69) is 4.72 Å². The zero-order valence-corrected chi connectivity index (χ0v) is 12.9. The fourth-order valence-corrected chi connectivity index (χ4v) is 3.33. The van der Waals surface area contributed by atoms with Crippen molar-refractivity contribution in [3.05, 3.63) is 64.7 Å². The lowest BCUT2D eigenvalue weighted by atomic mass is 10.1. The Labute approximate surface area is 124 Å². The topological polar surface area (TPSA) is 46.2 Å². The van der Waals surface area contributed by atoms with Crippen molar-refractivity contribution < 1.29 is 8.42 Å². The zero-order chi connectivity index (χ0) is 14.8. The molecule has 0 radical (unpaired) electrons. The first-order valence-electron chi connectivity index (χ1n) is 6.23. The van der Waals surface area contributed by atoms with E-state index in [0.29, 0.717) is 5.02 Å². The predicted molar refractivity (Wildman–Crippen MR) is 81.4 cm³/mol. The molecule has 20 heavy (non-hydrogen) atoms. The SMILES string of the molecule is Cc1cc(S(=O)(=O)NC(C)c2ccccc2)ccc1Cl. The van der Waals surface area contributed by atoms with Crippen LogP contribution in [0.3, 0.4) is 0 Å². The number of rotatable bonds is 4. The van der Waals surface area contributed by atoms with Crippen LogP contribution in [-0.2, 0) is 10.0 Å². The average molecular weight is 310 g/mol. The van der Waals surface area contributed by atoms with Crippen molar-refractivity contribution in [2.45, 2.75) is 24.8 Å². The monoisotopic (exact) mass is 309 g/mol. The Morgan fingerprint density at radius 1 is 1.10 bits per heavy atom. The van der Waals surface area contributed by atoms with Gasteiger partial charge in [0, 0.05) is 11.1 Å². The molecule has 0 saturated heterocycles. The molecule has 5 heteroatoms. The highest BCUT2D eigenvalue weighted by Gasteiger charge is 2.18. The van der Waals surface area contributed by atoms with Crippen molar-refractivity contribution in [1.29, 1.82) is 0 Å². The summed E-state index contributed by atoms with van der Waals surface area (Å²) in [5, 5.41) is 0.556. The Kier molecular flexibility index (Phi) is 4.48.